The molecule has 2 aromatic rings. The van der Waals surface area contributed by atoms with E-state index in [1.165, 1.54) is 0 Å². The highest BCUT2D eigenvalue weighted by Gasteiger charge is 2.25. The molecule has 1 aromatic heterocycles. The predicted octanol–water partition coefficient (Wildman–Crippen LogP) is 3.49. The Morgan fingerprint density at radius 3 is 2.52 bits per heavy atom. The summed E-state index contributed by atoms with van der Waals surface area (Å²) in [5.74, 6) is 0.118. The molecule has 1 saturated carbocycles. The summed E-state index contributed by atoms with van der Waals surface area (Å²) < 4.78 is 1.10. The van der Waals surface area contributed by atoms with Gasteiger partial charge in [0.15, 0.2) is 0 Å². The second-order valence-corrected chi connectivity index (χ2v) is 6.07. The molecule has 110 valence electrons. The van der Waals surface area contributed by atoms with E-state index in [2.05, 4.69) is 4.98 Å². The minimum atomic E-state index is -0.547. The zero-order valence-electron chi connectivity index (χ0n) is 11.2. The van der Waals surface area contributed by atoms with Crippen molar-refractivity contribution >= 4 is 23.2 Å². The lowest BCUT2D eigenvalue weighted by atomic mass is 10.0. The van der Waals surface area contributed by atoms with Crippen LogP contribution in [0.1, 0.15) is 37.2 Å². The van der Waals surface area contributed by atoms with Crippen LogP contribution in [0, 0.1) is 0 Å². The molecule has 3 rings (SSSR count). The second kappa shape index (κ2) is 5.70. The normalized spacial score (nSPS) is 15.5. The van der Waals surface area contributed by atoms with Gasteiger partial charge < -0.3 is 0 Å². The van der Waals surface area contributed by atoms with E-state index < -0.39 is 5.69 Å². The minimum Gasteiger partial charge on any atom is -0.297 e. The Bertz CT molecular complexity index is 789. The lowest BCUT2D eigenvalue weighted by molar-refractivity contribution is 0.689. The van der Waals surface area contributed by atoms with Crippen LogP contribution in [0.15, 0.2) is 33.9 Å². The summed E-state index contributed by atoms with van der Waals surface area (Å²) in [6.45, 7) is 0. The molecular formula is C15H14Cl2N2O2. The van der Waals surface area contributed by atoms with Crippen LogP contribution in [0.5, 0.6) is 0 Å². The molecule has 1 aliphatic carbocycles. The quantitative estimate of drug-likeness (QED) is 0.859. The van der Waals surface area contributed by atoms with Crippen LogP contribution in [0.3, 0.4) is 0 Å². The Morgan fingerprint density at radius 2 is 1.86 bits per heavy atom. The van der Waals surface area contributed by atoms with Crippen molar-refractivity contribution in [2.45, 2.75) is 31.6 Å². The van der Waals surface area contributed by atoms with Crippen molar-refractivity contribution in [3.8, 4) is 5.69 Å². The first-order valence-corrected chi connectivity index (χ1v) is 7.64. The topological polar surface area (TPSA) is 54.9 Å². The third-order valence-electron chi connectivity index (χ3n) is 3.92. The van der Waals surface area contributed by atoms with Gasteiger partial charge in [-0.15, -0.1) is 0 Å². The summed E-state index contributed by atoms with van der Waals surface area (Å²) >= 11 is 12.1. The third-order valence-corrected chi connectivity index (χ3v) is 4.45. The number of hydrogen-bond acceptors (Lipinski definition) is 2. The average Bonchev–Trinajstić information content (AvgIpc) is 2.92. The number of nitrogens with one attached hydrogen (secondary N) is 1. The molecule has 1 heterocycles. The molecule has 0 unspecified atom stereocenters. The van der Waals surface area contributed by atoms with E-state index in [0.29, 0.717) is 16.3 Å². The Kier molecular flexibility index (Phi) is 3.91. The molecule has 0 spiro atoms. The van der Waals surface area contributed by atoms with Crippen LogP contribution >= 0.6 is 23.2 Å². The van der Waals surface area contributed by atoms with Crippen LogP contribution in [-0.2, 0) is 0 Å². The zero-order chi connectivity index (χ0) is 15.0. The maximum Gasteiger partial charge on any atom is 0.334 e. The van der Waals surface area contributed by atoms with Gasteiger partial charge in [-0.3, -0.25) is 9.78 Å². The van der Waals surface area contributed by atoms with Crippen molar-refractivity contribution in [2.75, 3.05) is 0 Å². The molecule has 0 atom stereocenters. The minimum absolute atomic E-state index is 0.118. The number of halogens is 2. The van der Waals surface area contributed by atoms with Crippen LogP contribution in [0.2, 0.25) is 10.2 Å². The highest BCUT2D eigenvalue weighted by Crippen LogP contribution is 2.34. The number of nitrogens with zero attached hydrogens (tertiary/aromatic N) is 1. The lowest BCUT2D eigenvalue weighted by Crippen LogP contribution is -2.36. The van der Waals surface area contributed by atoms with Crippen molar-refractivity contribution in [3.63, 3.8) is 0 Å². The van der Waals surface area contributed by atoms with E-state index >= 15 is 0 Å². The Balaban J connectivity index is 2.24. The summed E-state index contributed by atoms with van der Waals surface area (Å²) in [5, 5.41) is 0.631. The van der Waals surface area contributed by atoms with Crippen LogP contribution in [0.4, 0.5) is 0 Å². The summed E-state index contributed by atoms with van der Waals surface area (Å²) in [7, 11) is 0. The number of benzene rings is 1. The average molecular weight is 325 g/mol. The molecule has 4 nitrogen and oxygen atoms in total. The van der Waals surface area contributed by atoms with Crippen molar-refractivity contribution < 1.29 is 0 Å². The monoisotopic (exact) mass is 324 g/mol. The maximum absolute atomic E-state index is 12.7. The maximum atomic E-state index is 12.7. The third kappa shape index (κ3) is 2.65. The summed E-state index contributed by atoms with van der Waals surface area (Å²) in [6.07, 6.45) is 4.01. The van der Waals surface area contributed by atoms with Gasteiger partial charge in [-0.1, -0.05) is 42.1 Å². The van der Waals surface area contributed by atoms with Crippen molar-refractivity contribution in [2.24, 2.45) is 0 Å². The number of hydrogen-bond donors (Lipinski definition) is 1. The van der Waals surface area contributed by atoms with Crippen molar-refractivity contribution in [1.82, 2.24) is 9.55 Å². The van der Waals surface area contributed by atoms with Gasteiger partial charge in [0, 0.05) is 5.02 Å². The second-order valence-electron chi connectivity index (χ2n) is 5.26. The SMILES string of the molecule is O=c1[nH]c(Cl)c(C2CCCC2)c(=O)n1-c1cccc(Cl)c1. The number of rotatable bonds is 2. The largest absolute Gasteiger partial charge is 0.334 e. The molecule has 0 amide bonds. The fraction of sp³-hybridized carbons (Fsp3) is 0.333. The number of H-pyrrole nitrogens is 1. The predicted molar refractivity (Wildman–Crippen MR) is 83.9 cm³/mol. The summed E-state index contributed by atoms with van der Waals surface area (Å²) in [6, 6.07) is 6.66. The van der Waals surface area contributed by atoms with Gasteiger partial charge in [0.2, 0.25) is 0 Å². The molecule has 1 aliphatic rings. The molecule has 1 fully saturated rings. The van der Waals surface area contributed by atoms with E-state index in [4.69, 9.17) is 23.2 Å². The highest BCUT2D eigenvalue weighted by atomic mass is 35.5. The first kappa shape index (κ1) is 14.4. The molecule has 1 N–H and O–H groups in total. The lowest BCUT2D eigenvalue weighted by Gasteiger charge is -2.13. The van der Waals surface area contributed by atoms with Crippen molar-refractivity contribution in [3.05, 3.63) is 60.8 Å². The molecular weight excluding hydrogens is 311 g/mol. The molecule has 0 bridgehead atoms. The van der Waals surface area contributed by atoms with Crippen LogP contribution < -0.4 is 11.2 Å². The highest BCUT2D eigenvalue weighted by molar-refractivity contribution is 6.30. The van der Waals surface area contributed by atoms with Crippen molar-refractivity contribution in [1.29, 1.82) is 0 Å². The fourth-order valence-electron chi connectivity index (χ4n) is 2.94. The van der Waals surface area contributed by atoms with Crippen LogP contribution in [0.25, 0.3) is 5.69 Å². The van der Waals surface area contributed by atoms with E-state index in [1.54, 1.807) is 24.3 Å². The van der Waals surface area contributed by atoms with Gasteiger partial charge in [-0.05, 0) is 37.0 Å². The summed E-state index contributed by atoms with van der Waals surface area (Å²) in [4.78, 5) is 27.4. The van der Waals surface area contributed by atoms with Gasteiger partial charge >= 0.3 is 5.69 Å². The van der Waals surface area contributed by atoms with Gasteiger partial charge in [0.25, 0.3) is 5.56 Å². The standard InChI is InChI=1S/C15H14Cl2N2O2/c16-10-6-3-7-11(8-10)19-14(20)12(9-4-1-2-5-9)13(17)18-15(19)21/h3,6-9H,1-2,4-5H2,(H,18,21). The molecule has 1 aromatic carbocycles. The fourth-order valence-corrected chi connectivity index (χ4v) is 3.44. The summed E-state index contributed by atoms with van der Waals surface area (Å²) in [5.41, 5.74) is 0.0605. The van der Waals surface area contributed by atoms with E-state index in [1.807, 2.05) is 0 Å². The molecule has 0 aliphatic heterocycles. The Labute approximate surface area is 131 Å². The van der Waals surface area contributed by atoms with E-state index in [9.17, 15) is 9.59 Å². The Hall–Kier alpha value is -1.52. The Morgan fingerprint density at radius 1 is 1.14 bits per heavy atom. The molecule has 0 saturated heterocycles. The first-order chi connectivity index (χ1) is 10.1. The smallest absolute Gasteiger partial charge is 0.297 e. The van der Waals surface area contributed by atoms with Gasteiger partial charge in [-0.2, -0.15) is 0 Å². The van der Waals surface area contributed by atoms with Gasteiger partial charge in [0.1, 0.15) is 5.15 Å². The zero-order valence-corrected chi connectivity index (χ0v) is 12.7. The van der Waals surface area contributed by atoms with E-state index in [-0.39, 0.29) is 16.6 Å². The molecule has 6 heteroatoms. The molecule has 21 heavy (non-hydrogen) atoms. The number of aromatic amines is 1. The van der Waals surface area contributed by atoms with E-state index in [0.717, 1.165) is 30.3 Å². The van der Waals surface area contributed by atoms with Crippen LogP contribution in [-0.4, -0.2) is 9.55 Å². The number of aromatic nitrogens is 2. The van der Waals surface area contributed by atoms with Gasteiger partial charge in [0.05, 0.1) is 11.3 Å². The van der Waals surface area contributed by atoms with Gasteiger partial charge in [-0.25, -0.2) is 9.36 Å². The molecule has 0 radical (unpaired) electrons. The first-order valence-electron chi connectivity index (χ1n) is 6.88.